The zero-order valence-corrected chi connectivity index (χ0v) is 24.6. The molecule has 0 spiro atoms. The number of aliphatic hydroxyl groups is 1. The Morgan fingerprint density at radius 3 is 2.33 bits per heavy atom. The molecule has 2 atom stereocenters. The van der Waals surface area contributed by atoms with Gasteiger partial charge in [-0.25, -0.2) is 4.79 Å². The summed E-state index contributed by atoms with van der Waals surface area (Å²) in [6.07, 6.45) is -1.22. The van der Waals surface area contributed by atoms with Gasteiger partial charge in [-0.05, 0) is 70.7 Å². The summed E-state index contributed by atoms with van der Waals surface area (Å²) in [4.78, 5) is 53.4. The van der Waals surface area contributed by atoms with Gasteiger partial charge in [0.1, 0.15) is 17.7 Å². The van der Waals surface area contributed by atoms with Gasteiger partial charge in [0.2, 0.25) is 11.8 Å². The lowest BCUT2D eigenvalue weighted by Gasteiger charge is -2.35. The Hall–Kier alpha value is -3.63. The van der Waals surface area contributed by atoms with E-state index >= 15 is 0 Å². The number of amides is 4. The summed E-state index contributed by atoms with van der Waals surface area (Å²) in [6.45, 7) is 9.74. The number of aliphatic hydroxyl groups excluding tert-OH is 1. The first kappa shape index (κ1) is 32.6. The van der Waals surface area contributed by atoms with Gasteiger partial charge >= 0.3 is 6.09 Å². The summed E-state index contributed by atoms with van der Waals surface area (Å²) in [5, 5.41) is 15.6. The lowest BCUT2D eigenvalue weighted by atomic mass is 9.95. The average molecular weight is 575 g/mol. The van der Waals surface area contributed by atoms with Crippen LogP contribution in [0.1, 0.15) is 61.9 Å². The number of ether oxygens (including phenoxy) is 1. The largest absolute Gasteiger partial charge is 0.444 e. The van der Waals surface area contributed by atoms with Gasteiger partial charge < -0.3 is 31.1 Å². The summed E-state index contributed by atoms with van der Waals surface area (Å²) < 4.78 is 5.32. The van der Waals surface area contributed by atoms with E-state index in [1.54, 1.807) is 58.9 Å². The van der Waals surface area contributed by atoms with Crippen LogP contribution in [0.15, 0.2) is 36.4 Å². The van der Waals surface area contributed by atoms with E-state index in [-0.39, 0.29) is 19.4 Å². The molecule has 5 N–H and O–H groups in total. The van der Waals surface area contributed by atoms with Gasteiger partial charge in [0, 0.05) is 13.0 Å². The molecular formula is C29H39ClN4O6. The fourth-order valence-corrected chi connectivity index (χ4v) is 4.42. The molecule has 2 aromatic carbocycles. The van der Waals surface area contributed by atoms with Gasteiger partial charge in [0.15, 0.2) is 0 Å². The summed E-state index contributed by atoms with van der Waals surface area (Å²) in [5.41, 5.74) is 7.69. The molecule has 40 heavy (non-hydrogen) atoms. The number of rotatable bonds is 11. The first-order valence-electron chi connectivity index (χ1n) is 13.0. The Morgan fingerprint density at radius 1 is 1.07 bits per heavy atom. The number of anilines is 1. The summed E-state index contributed by atoms with van der Waals surface area (Å²) >= 11 is 6.38. The van der Waals surface area contributed by atoms with Crippen molar-refractivity contribution in [2.24, 2.45) is 5.73 Å². The monoisotopic (exact) mass is 574 g/mol. The lowest BCUT2D eigenvalue weighted by Crippen LogP contribution is -2.53. The molecule has 10 nitrogen and oxygen atoms in total. The first-order chi connectivity index (χ1) is 18.6. The van der Waals surface area contributed by atoms with E-state index in [0.717, 1.165) is 11.1 Å². The van der Waals surface area contributed by atoms with Crippen molar-refractivity contribution in [3.8, 4) is 0 Å². The highest BCUT2D eigenvalue weighted by Crippen LogP contribution is 2.31. The van der Waals surface area contributed by atoms with Gasteiger partial charge in [0.05, 0.1) is 17.3 Å². The second-order valence-electron chi connectivity index (χ2n) is 10.6. The molecule has 2 rings (SSSR count). The van der Waals surface area contributed by atoms with Gasteiger partial charge in [-0.1, -0.05) is 47.5 Å². The van der Waals surface area contributed by atoms with Crippen LogP contribution in [0.3, 0.4) is 0 Å². The summed E-state index contributed by atoms with van der Waals surface area (Å²) in [7, 11) is 0. The highest BCUT2D eigenvalue weighted by atomic mass is 35.5. The number of hydrogen-bond acceptors (Lipinski definition) is 6. The third-order valence-electron chi connectivity index (χ3n) is 6.05. The van der Waals surface area contributed by atoms with E-state index < -0.39 is 48.1 Å². The molecule has 2 unspecified atom stereocenters. The molecule has 0 aliphatic carbocycles. The van der Waals surface area contributed by atoms with Crippen LogP contribution >= 0.6 is 11.6 Å². The number of primary amides is 1. The molecule has 0 fully saturated rings. The predicted molar refractivity (Wildman–Crippen MR) is 154 cm³/mol. The minimum Gasteiger partial charge on any atom is -0.444 e. The molecule has 0 aliphatic rings. The Morgan fingerprint density at radius 2 is 1.75 bits per heavy atom. The van der Waals surface area contributed by atoms with Crippen molar-refractivity contribution in [3.63, 3.8) is 0 Å². The molecule has 0 saturated carbocycles. The maximum atomic E-state index is 14.0. The first-order valence-corrected chi connectivity index (χ1v) is 13.3. The molecule has 0 bridgehead atoms. The van der Waals surface area contributed by atoms with Crippen LogP contribution in [-0.2, 0) is 19.1 Å². The number of benzene rings is 2. The molecule has 0 radical (unpaired) electrons. The van der Waals surface area contributed by atoms with Crippen molar-refractivity contribution in [1.82, 2.24) is 10.2 Å². The van der Waals surface area contributed by atoms with Crippen LogP contribution in [-0.4, -0.2) is 58.6 Å². The van der Waals surface area contributed by atoms with Gasteiger partial charge in [-0.3, -0.25) is 14.4 Å². The predicted octanol–water partition coefficient (Wildman–Crippen LogP) is 3.92. The van der Waals surface area contributed by atoms with Crippen molar-refractivity contribution >= 4 is 41.1 Å². The third-order valence-corrected chi connectivity index (χ3v) is 6.37. The van der Waals surface area contributed by atoms with Gasteiger partial charge in [-0.15, -0.1) is 0 Å². The topological polar surface area (TPSA) is 151 Å². The average Bonchev–Trinajstić information content (AvgIpc) is 2.84. The zero-order chi connectivity index (χ0) is 30.2. The number of hydrogen-bond donors (Lipinski definition) is 4. The molecule has 11 heteroatoms. The van der Waals surface area contributed by atoms with Crippen molar-refractivity contribution in [2.75, 3.05) is 18.5 Å². The minimum atomic E-state index is -1.27. The van der Waals surface area contributed by atoms with E-state index in [9.17, 15) is 24.3 Å². The molecule has 218 valence electrons. The van der Waals surface area contributed by atoms with Crippen LogP contribution in [0.4, 0.5) is 10.5 Å². The van der Waals surface area contributed by atoms with Crippen LogP contribution in [0, 0.1) is 20.8 Å². The normalized spacial score (nSPS) is 12.7. The van der Waals surface area contributed by atoms with Gasteiger partial charge in [0.25, 0.3) is 5.91 Å². The smallest absolute Gasteiger partial charge is 0.408 e. The number of alkyl carbamates (subject to hydrolysis) is 1. The Balaban J connectivity index is 2.61. The number of aryl methyl sites for hydroxylation is 3. The number of halogens is 1. The van der Waals surface area contributed by atoms with Crippen molar-refractivity contribution in [2.45, 2.75) is 72.1 Å². The summed E-state index contributed by atoms with van der Waals surface area (Å²) in [6, 6.07) is 8.19. The van der Waals surface area contributed by atoms with Crippen LogP contribution in [0.25, 0.3) is 0 Å². The zero-order valence-electron chi connectivity index (χ0n) is 23.8. The van der Waals surface area contributed by atoms with E-state index in [2.05, 4.69) is 10.6 Å². The minimum absolute atomic E-state index is 0.139. The number of nitrogens with two attached hydrogens (primary N) is 1. The quantitative estimate of drug-likeness (QED) is 0.319. The van der Waals surface area contributed by atoms with E-state index in [1.807, 2.05) is 19.1 Å². The van der Waals surface area contributed by atoms with Crippen LogP contribution in [0.2, 0.25) is 5.02 Å². The molecular weight excluding hydrogens is 536 g/mol. The van der Waals surface area contributed by atoms with Crippen molar-refractivity contribution in [3.05, 3.63) is 63.7 Å². The van der Waals surface area contributed by atoms with E-state index in [1.165, 1.54) is 4.90 Å². The second kappa shape index (κ2) is 14.1. The molecule has 0 heterocycles. The highest BCUT2D eigenvalue weighted by Gasteiger charge is 2.37. The maximum absolute atomic E-state index is 14.0. The number of para-hydroxylation sites is 1. The van der Waals surface area contributed by atoms with Crippen LogP contribution < -0.4 is 16.4 Å². The van der Waals surface area contributed by atoms with Crippen LogP contribution in [0.5, 0.6) is 0 Å². The molecule has 0 aromatic heterocycles. The molecule has 0 aliphatic heterocycles. The Labute approximate surface area is 240 Å². The van der Waals surface area contributed by atoms with Crippen molar-refractivity contribution in [1.29, 1.82) is 0 Å². The van der Waals surface area contributed by atoms with E-state index in [4.69, 9.17) is 22.1 Å². The maximum Gasteiger partial charge on any atom is 0.408 e. The van der Waals surface area contributed by atoms with Crippen molar-refractivity contribution < 1.29 is 29.0 Å². The van der Waals surface area contributed by atoms with Gasteiger partial charge in [-0.2, -0.15) is 0 Å². The highest BCUT2D eigenvalue weighted by molar-refractivity contribution is 6.34. The van der Waals surface area contributed by atoms with E-state index in [0.29, 0.717) is 21.8 Å². The number of nitrogens with zero attached hydrogens (tertiary/aromatic N) is 1. The SMILES string of the molecule is Cc1ccc(C)c(C(C(=O)Nc2c(C)cccc2Cl)N(CCO)C(=O)C(CCC(N)=O)NC(=O)OC(C)(C)C)c1. The molecule has 2 aromatic rings. The lowest BCUT2D eigenvalue weighted by molar-refractivity contribution is -0.141. The fourth-order valence-electron chi connectivity index (χ4n) is 4.16. The second-order valence-corrected chi connectivity index (χ2v) is 11.0. The summed E-state index contributed by atoms with van der Waals surface area (Å²) in [5.74, 6) is -1.94. The number of carbonyl (C=O) groups is 4. The molecule has 4 amide bonds. The Bertz CT molecular complexity index is 1220. The fraction of sp³-hybridized carbons (Fsp3) is 0.448. The Kier molecular flexibility index (Phi) is 11.5. The number of nitrogens with one attached hydrogen (secondary N) is 2. The third kappa shape index (κ3) is 9.24. The number of carbonyl (C=O) groups excluding carboxylic acids is 4. The standard InChI is InChI=1S/C29H39ClN4O6/c1-17-10-11-18(2)20(16-17)25(26(37)33-24-19(3)8-7-9-21(24)30)34(14-15-35)27(38)22(12-13-23(31)36)32-28(39)40-29(4,5)6/h7-11,16,22,25,35H,12-15H2,1-6H3,(H2,31,36)(H,32,39)(H,33,37). The molecule has 0 saturated heterocycles.